The average molecular weight is 447 g/mol. The largest absolute Gasteiger partial charge is 0.449 e. The molecule has 1 heterocycles. The number of carbonyl (C=O) groups is 2. The molecule has 0 saturated carbocycles. The van der Waals surface area contributed by atoms with Crippen LogP contribution in [0.4, 0.5) is 11.4 Å². The summed E-state index contributed by atoms with van der Waals surface area (Å²) in [5, 5.41) is 13.2. The van der Waals surface area contributed by atoms with E-state index >= 15 is 0 Å². The molecule has 164 valence electrons. The van der Waals surface area contributed by atoms with Crippen LogP contribution in [0.5, 0.6) is 0 Å². The number of carbonyl (C=O) groups excluding carboxylic acids is 2. The average Bonchev–Trinajstić information content (AvgIpc) is 3.30. The number of rotatable bonds is 7. The number of non-ortho nitro benzene ring substituents is 1. The van der Waals surface area contributed by atoms with Crippen molar-refractivity contribution < 1.29 is 27.7 Å². The van der Waals surface area contributed by atoms with Crippen LogP contribution >= 0.6 is 0 Å². The molecule has 1 fully saturated rings. The van der Waals surface area contributed by atoms with Crippen LogP contribution in [0.15, 0.2) is 53.4 Å². The van der Waals surface area contributed by atoms with E-state index in [2.05, 4.69) is 5.32 Å². The quantitative estimate of drug-likeness (QED) is 0.391. The predicted molar refractivity (Wildman–Crippen MR) is 111 cm³/mol. The highest BCUT2D eigenvalue weighted by Crippen LogP contribution is 2.22. The number of amides is 1. The number of nitro benzene ring substituents is 1. The molecule has 0 radical (unpaired) electrons. The minimum absolute atomic E-state index is 0.0710. The van der Waals surface area contributed by atoms with Crippen molar-refractivity contribution in [2.24, 2.45) is 0 Å². The Bertz CT molecular complexity index is 1080. The third kappa shape index (κ3) is 5.25. The smallest absolute Gasteiger partial charge is 0.338 e. The lowest BCUT2D eigenvalue weighted by molar-refractivity contribution is -0.384. The van der Waals surface area contributed by atoms with Gasteiger partial charge in [0, 0.05) is 30.9 Å². The Balaban J connectivity index is 1.59. The Morgan fingerprint density at radius 3 is 2.19 bits per heavy atom. The van der Waals surface area contributed by atoms with E-state index in [1.807, 2.05) is 0 Å². The van der Waals surface area contributed by atoms with Gasteiger partial charge in [0.2, 0.25) is 10.0 Å². The molecular formula is C20H21N3O7S. The Kier molecular flexibility index (Phi) is 6.66. The van der Waals surface area contributed by atoms with Crippen molar-refractivity contribution in [3.8, 4) is 0 Å². The lowest BCUT2D eigenvalue weighted by Gasteiger charge is -2.16. The number of nitrogens with zero attached hydrogens (tertiary/aromatic N) is 2. The Hall–Kier alpha value is -3.31. The minimum Gasteiger partial charge on any atom is -0.449 e. The number of hydrogen-bond donors (Lipinski definition) is 1. The van der Waals surface area contributed by atoms with E-state index < -0.39 is 32.9 Å². The van der Waals surface area contributed by atoms with Gasteiger partial charge in [-0.3, -0.25) is 14.9 Å². The summed E-state index contributed by atoms with van der Waals surface area (Å²) in [6, 6.07) is 10.6. The van der Waals surface area contributed by atoms with Crippen molar-refractivity contribution in [2.75, 3.05) is 18.4 Å². The molecule has 3 rings (SSSR count). The first kappa shape index (κ1) is 22.4. The van der Waals surface area contributed by atoms with Gasteiger partial charge in [-0.15, -0.1) is 0 Å². The second kappa shape index (κ2) is 9.23. The molecule has 0 bridgehead atoms. The summed E-state index contributed by atoms with van der Waals surface area (Å²) in [4.78, 5) is 34.7. The van der Waals surface area contributed by atoms with Gasteiger partial charge >= 0.3 is 5.97 Å². The van der Waals surface area contributed by atoms with E-state index in [4.69, 9.17) is 4.74 Å². The maximum Gasteiger partial charge on any atom is 0.338 e. The van der Waals surface area contributed by atoms with Gasteiger partial charge in [-0.2, -0.15) is 4.31 Å². The Labute approximate surface area is 179 Å². The molecule has 0 aliphatic carbocycles. The molecular weight excluding hydrogens is 426 g/mol. The van der Waals surface area contributed by atoms with Gasteiger partial charge in [-0.05, 0) is 56.2 Å². The zero-order chi connectivity index (χ0) is 22.6. The SMILES string of the molecule is CC(OC(=O)c1ccc([N+](=O)[O-])cc1)C(=O)Nc1ccc(S(=O)(=O)N2CCCC2)cc1. The van der Waals surface area contributed by atoms with E-state index in [1.165, 1.54) is 59.8 Å². The van der Waals surface area contributed by atoms with Gasteiger partial charge in [-0.1, -0.05) is 0 Å². The highest BCUT2D eigenvalue weighted by Gasteiger charge is 2.27. The number of anilines is 1. The van der Waals surface area contributed by atoms with Gasteiger partial charge < -0.3 is 10.1 Å². The summed E-state index contributed by atoms with van der Waals surface area (Å²) < 4.78 is 31.6. The second-order valence-corrected chi connectivity index (χ2v) is 8.91. The van der Waals surface area contributed by atoms with Crippen LogP contribution in [0, 0.1) is 10.1 Å². The molecule has 31 heavy (non-hydrogen) atoms. The fourth-order valence-corrected chi connectivity index (χ4v) is 4.55. The number of nitro groups is 1. The van der Waals surface area contributed by atoms with Gasteiger partial charge in [0.05, 0.1) is 15.4 Å². The topological polar surface area (TPSA) is 136 Å². The van der Waals surface area contributed by atoms with E-state index in [0.29, 0.717) is 18.8 Å². The molecule has 1 aliphatic rings. The zero-order valence-electron chi connectivity index (χ0n) is 16.7. The Morgan fingerprint density at radius 1 is 1.06 bits per heavy atom. The van der Waals surface area contributed by atoms with Crippen molar-refractivity contribution in [1.29, 1.82) is 0 Å². The number of nitrogens with one attached hydrogen (secondary N) is 1. The van der Waals surface area contributed by atoms with Crippen LogP contribution < -0.4 is 5.32 Å². The number of esters is 1. The Morgan fingerprint density at radius 2 is 1.65 bits per heavy atom. The van der Waals surface area contributed by atoms with Crippen molar-refractivity contribution >= 4 is 33.3 Å². The minimum atomic E-state index is -3.55. The van der Waals surface area contributed by atoms with Gasteiger partial charge in [0.25, 0.3) is 11.6 Å². The van der Waals surface area contributed by atoms with Crippen LogP contribution in [-0.2, 0) is 19.6 Å². The van der Waals surface area contributed by atoms with Crippen molar-refractivity contribution in [1.82, 2.24) is 4.31 Å². The van der Waals surface area contributed by atoms with Crippen molar-refractivity contribution in [3.63, 3.8) is 0 Å². The molecule has 1 atom stereocenters. The number of hydrogen-bond acceptors (Lipinski definition) is 7. The number of benzene rings is 2. The molecule has 1 saturated heterocycles. The molecule has 1 aliphatic heterocycles. The van der Waals surface area contributed by atoms with Gasteiger partial charge in [0.15, 0.2) is 6.10 Å². The standard InChI is InChI=1S/C20H21N3O7S/c1-14(30-20(25)15-4-8-17(9-5-15)23(26)27)19(24)21-16-6-10-18(11-7-16)31(28,29)22-12-2-3-13-22/h4-11,14H,2-3,12-13H2,1H3,(H,21,24). The van der Waals surface area contributed by atoms with Gasteiger partial charge in [0.1, 0.15) is 0 Å². The fraction of sp³-hybridized carbons (Fsp3) is 0.300. The van der Waals surface area contributed by atoms with Crippen LogP contribution in [0.1, 0.15) is 30.1 Å². The maximum absolute atomic E-state index is 12.5. The van der Waals surface area contributed by atoms with Crippen LogP contribution in [-0.4, -0.2) is 48.7 Å². The summed E-state index contributed by atoms with van der Waals surface area (Å²) in [5.74, 6) is -1.41. The summed E-state index contributed by atoms with van der Waals surface area (Å²) in [5.41, 5.74) is 0.253. The molecule has 1 unspecified atom stereocenters. The predicted octanol–water partition coefficient (Wildman–Crippen LogP) is 2.56. The summed E-state index contributed by atoms with van der Waals surface area (Å²) in [7, 11) is -3.55. The summed E-state index contributed by atoms with van der Waals surface area (Å²) >= 11 is 0. The first-order chi connectivity index (χ1) is 14.7. The molecule has 2 aromatic rings. The normalized spacial score (nSPS) is 15.3. The first-order valence-electron chi connectivity index (χ1n) is 9.55. The highest BCUT2D eigenvalue weighted by atomic mass is 32.2. The third-order valence-electron chi connectivity index (χ3n) is 4.79. The molecule has 2 aromatic carbocycles. The molecule has 11 heteroatoms. The van der Waals surface area contributed by atoms with E-state index in [1.54, 1.807) is 0 Å². The van der Waals surface area contributed by atoms with Crippen LogP contribution in [0.2, 0.25) is 0 Å². The summed E-state index contributed by atoms with van der Waals surface area (Å²) in [6.07, 6.45) is 0.531. The van der Waals surface area contributed by atoms with Gasteiger partial charge in [-0.25, -0.2) is 13.2 Å². The lowest BCUT2D eigenvalue weighted by Crippen LogP contribution is -2.30. The molecule has 1 N–H and O–H groups in total. The zero-order valence-corrected chi connectivity index (χ0v) is 17.5. The third-order valence-corrected chi connectivity index (χ3v) is 6.70. The number of ether oxygens (including phenoxy) is 1. The molecule has 1 amide bonds. The van der Waals surface area contributed by atoms with Crippen LogP contribution in [0.25, 0.3) is 0 Å². The number of sulfonamides is 1. The van der Waals surface area contributed by atoms with E-state index in [0.717, 1.165) is 12.8 Å². The molecule has 0 spiro atoms. The maximum atomic E-state index is 12.5. The lowest BCUT2D eigenvalue weighted by atomic mass is 10.2. The van der Waals surface area contributed by atoms with Crippen molar-refractivity contribution in [2.45, 2.75) is 30.8 Å². The second-order valence-electron chi connectivity index (χ2n) is 6.98. The van der Waals surface area contributed by atoms with Crippen molar-refractivity contribution in [3.05, 3.63) is 64.2 Å². The van der Waals surface area contributed by atoms with E-state index in [-0.39, 0.29) is 16.1 Å². The summed E-state index contributed by atoms with van der Waals surface area (Å²) in [6.45, 7) is 2.38. The molecule has 0 aromatic heterocycles. The van der Waals surface area contributed by atoms with E-state index in [9.17, 15) is 28.1 Å². The molecule has 10 nitrogen and oxygen atoms in total. The fourth-order valence-electron chi connectivity index (χ4n) is 3.03. The van der Waals surface area contributed by atoms with Crippen LogP contribution in [0.3, 0.4) is 0 Å². The monoisotopic (exact) mass is 447 g/mol. The first-order valence-corrected chi connectivity index (χ1v) is 11.0. The highest BCUT2D eigenvalue weighted by molar-refractivity contribution is 7.89.